The molecule has 0 saturated heterocycles. The maximum atomic E-state index is 6.33. The zero-order valence-electron chi connectivity index (χ0n) is 11.8. The van der Waals surface area contributed by atoms with Gasteiger partial charge in [-0.3, -0.25) is 0 Å². The van der Waals surface area contributed by atoms with E-state index in [0.29, 0.717) is 16.0 Å². The van der Waals surface area contributed by atoms with Crippen LogP contribution in [0.4, 0.5) is 0 Å². The van der Waals surface area contributed by atoms with Crippen molar-refractivity contribution >= 4 is 34.5 Å². The molecule has 0 amide bonds. The first kappa shape index (κ1) is 15.8. The van der Waals surface area contributed by atoms with Crippen LogP contribution in [0.1, 0.15) is 49.0 Å². The summed E-state index contributed by atoms with van der Waals surface area (Å²) in [4.78, 5) is 4.73. The first-order valence-corrected chi connectivity index (χ1v) is 8.30. The lowest BCUT2D eigenvalue weighted by Gasteiger charge is -2.17. The third-order valence-electron chi connectivity index (χ3n) is 3.06. The zero-order valence-corrected chi connectivity index (χ0v) is 14.1. The highest BCUT2D eigenvalue weighted by Gasteiger charge is 2.20. The number of hydrogen-bond donors (Lipinski definition) is 1. The molecule has 108 valence electrons. The molecule has 1 aromatic carbocycles. The Balaban J connectivity index is 2.39. The zero-order chi connectivity index (χ0) is 14.7. The first-order chi connectivity index (χ1) is 9.52. The number of aromatic nitrogens is 1. The minimum Gasteiger partial charge on any atom is -0.304 e. The second-order valence-corrected chi connectivity index (χ2v) is 6.66. The van der Waals surface area contributed by atoms with Gasteiger partial charge in [0.2, 0.25) is 0 Å². The summed E-state index contributed by atoms with van der Waals surface area (Å²) in [5, 5.41) is 7.93. The summed E-state index contributed by atoms with van der Waals surface area (Å²) >= 11 is 14.0. The smallest absolute Gasteiger partial charge is 0.114 e. The minimum atomic E-state index is 0.0160. The van der Waals surface area contributed by atoms with Gasteiger partial charge in [0.15, 0.2) is 0 Å². The Hall–Kier alpha value is -0.610. The van der Waals surface area contributed by atoms with Gasteiger partial charge in [-0.15, -0.1) is 11.3 Å². The van der Waals surface area contributed by atoms with Crippen LogP contribution in [-0.2, 0) is 0 Å². The number of rotatable bonds is 5. The lowest BCUT2D eigenvalue weighted by atomic mass is 10.1. The highest BCUT2D eigenvalue weighted by molar-refractivity contribution is 7.09. The molecule has 20 heavy (non-hydrogen) atoms. The molecule has 1 unspecified atom stereocenters. The van der Waals surface area contributed by atoms with E-state index in [9.17, 15) is 0 Å². The molecule has 0 aliphatic heterocycles. The van der Waals surface area contributed by atoms with Gasteiger partial charge in [0, 0.05) is 15.4 Å². The van der Waals surface area contributed by atoms with E-state index < -0.39 is 0 Å². The van der Waals surface area contributed by atoms with Gasteiger partial charge in [-0.1, -0.05) is 50.0 Å². The van der Waals surface area contributed by atoms with Crippen LogP contribution in [0.3, 0.4) is 0 Å². The largest absolute Gasteiger partial charge is 0.304 e. The molecule has 5 heteroatoms. The molecule has 0 radical (unpaired) electrons. The SMILES string of the molecule is CCNC(c1nc(C(C)C)cs1)c1ccc(Cl)cc1Cl. The number of benzene rings is 1. The molecular weight excluding hydrogens is 311 g/mol. The molecule has 0 saturated carbocycles. The second kappa shape index (κ2) is 6.90. The third-order valence-corrected chi connectivity index (χ3v) is 4.55. The van der Waals surface area contributed by atoms with Crippen LogP contribution in [0.5, 0.6) is 0 Å². The highest BCUT2D eigenvalue weighted by atomic mass is 35.5. The van der Waals surface area contributed by atoms with E-state index in [-0.39, 0.29) is 6.04 Å². The molecule has 2 aromatic rings. The van der Waals surface area contributed by atoms with Crippen LogP contribution < -0.4 is 5.32 Å². The van der Waals surface area contributed by atoms with Gasteiger partial charge < -0.3 is 5.32 Å². The van der Waals surface area contributed by atoms with Gasteiger partial charge in [0.25, 0.3) is 0 Å². The molecule has 1 N–H and O–H groups in total. The van der Waals surface area contributed by atoms with Crippen molar-refractivity contribution in [3.05, 3.63) is 49.9 Å². The summed E-state index contributed by atoms with van der Waals surface area (Å²) in [5.74, 6) is 0.433. The molecule has 0 aliphatic rings. The Morgan fingerprint density at radius 3 is 2.60 bits per heavy atom. The molecule has 2 rings (SSSR count). The Morgan fingerprint density at radius 2 is 2.05 bits per heavy atom. The van der Waals surface area contributed by atoms with E-state index in [2.05, 4.69) is 31.5 Å². The van der Waals surface area contributed by atoms with Gasteiger partial charge >= 0.3 is 0 Å². The Bertz CT molecular complexity index is 581. The average Bonchev–Trinajstić information content (AvgIpc) is 2.86. The predicted molar refractivity (Wildman–Crippen MR) is 88.2 cm³/mol. The van der Waals surface area contributed by atoms with Crippen LogP contribution in [0.2, 0.25) is 10.0 Å². The van der Waals surface area contributed by atoms with E-state index in [0.717, 1.165) is 22.8 Å². The van der Waals surface area contributed by atoms with E-state index in [4.69, 9.17) is 28.2 Å². The van der Waals surface area contributed by atoms with E-state index in [1.54, 1.807) is 17.4 Å². The molecule has 0 spiro atoms. The highest BCUT2D eigenvalue weighted by Crippen LogP contribution is 2.32. The molecule has 2 nitrogen and oxygen atoms in total. The average molecular weight is 329 g/mol. The fraction of sp³-hybridized carbons (Fsp3) is 0.400. The van der Waals surface area contributed by atoms with Gasteiger partial charge in [-0.25, -0.2) is 4.98 Å². The Kier molecular flexibility index (Phi) is 5.44. The first-order valence-electron chi connectivity index (χ1n) is 6.66. The van der Waals surface area contributed by atoms with Gasteiger partial charge in [-0.05, 0) is 30.2 Å². The second-order valence-electron chi connectivity index (χ2n) is 4.92. The van der Waals surface area contributed by atoms with Gasteiger partial charge in [0.05, 0.1) is 11.7 Å². The van der Waals surface area contributed by atoms with Gasteiger partial charge in [-0.2, -0.15) is 0 Å². The Morgan fingerprint density at radius 1 is 1.30 bits per heavy atom. The molecule has 1 aromatic heterocycles. The molecular formula is C15H18Cl2N2S. The predicted octanol–water partition coefficient (Wildman–Crippen LogP) is 5.27. The fourth-order valence-corrected chi connectivity index (χ4v) is 3.56. The molecule has 0 aliphatic carbocycles. The van der Waals surface area contributed by atoms with Crippen molar-refractivity contribution < 1.29 is 0 Å². The molecule has 1 heterocycles. The van der Waals surface area contributed by atoms with Crippen LogP contribution in [0.15, 0.2) is 23.6 Å². The van der Waals surface area contributed by atoms with E-state index in [1.807, 2.05) is 12.1 Å². The summed E-state index contributed by atoms with van der Waals surface area (Å²) in [6.07, 6.45) is 0. The number of hydrogen-bond acceptors (Lipinski definition) is 3. The van der Waals surface area contributed by atoms with Gasteiger partial charge in [0.1, 0.15) is 5.01 Å². The summed E-state index contributed by atoms with van der Waals surface area (Å²) in [5.41, 5.74) is 2.14. The quantitative estimate of drug-likeness (QED) is 0.808. The number of nitrogens with zero attached hydrogens (tertiary/aromatic N) is 1. The number of nitrogens with one attached hydrogen (secondary N) is 1. The summed E-state index contributed by atoms with van der Waals surface area (Å²) in [7, 11) is 0. The summed E-state index contributed by atoms with van der Waals surface area (Å²) in [6.45, 7) is 7.22. The summed E-state index contributed by atoms with van der Waals surface area (Å²) in [6, 6.07) is 5.63. The van der Waals surface area contributed by atoms with Crippen molar-refractivity contribution in [2.24, 2.45) is 0 Å². The fourth-order valence-electron chi connectivity index (χ4n) is 1.97. The third kappa shape index (κ3) is 3.53. The normalized spacial score (nSPS) is 12.9. The molecule has 0 fully saturated rings. The lowest BCUT2D eigenvalue weighted by molar-refractivity contribution is 0.623. The standard InChI is InChI=1S/C15H18Cl2N2S/c1-4-18-14(11-6-5-10(16)7-12(11)17)15-19-13(8-20-15)9(2)3/h5-9,14,18H,4H2,1-3H3. The van der Waals surface area contributed by atoms with Crippen molar-refractivity contribution in [1.82, 2.24) is 10.3 Å². The number of thiazole rings is 1. The van der Waals surface area contributed by atoms with Crippen LogP contribution in [0, 0.1) is 0 Å². The van der Waals surface area contributed by atoms with Crippen molar-refractivity contribution in [2.75, 3.05) is 6.54 Å². The van der Waals surface area contributed by atoms with E-state index >= 15 is 0 Å². The van der Waals surface area contributed by atoms with Crippen LogP contribution in [0.25, 0.3) is 0 Å². The van der Waals surface area contributed by atoms with Crippen molar-refractivity contribution in [3.8, 4) is 0 Å². The lowest BCUT2D eigenvalue weighted by Crippen LogP contribution is -2.22. The van der Waals surface area contributed by atoms with Crippen molar-refractivity contribution in [3.63, 3.8) is 0 Å². The number of halogens is 2. The van der Waals surface area contributed by atoms with Crippen molar-refractivity contribution in [2.45, 2.75) is 32.7 Å². The van der Waals surface area contributed by atoms with Crippen molar-refractivity contribution in [1.29, 1.82) is 0 Å². The summed E-state index contributed by atoms with van der Waals surface area (Å²) < 4.78 is 0. The maximum Gasteiger partial charge on any atom is 0.114 e. The Labute approximate surface area is 134 Å². The van der Waals surface area contributed by atoms with Crippen LogP contribution >= 0.6 is 34.5 Å². The molecule has 0 bridgehead atoms. The molecule has 1 atom stereocenters. The monoisotopic (exact) mass is 328 g/mol. The maximum absolute atomic E-state index is 6.33. The topological polar surface area (TPSA) is 24.9 Å². The minimum absolute atomic E-state index is 0.0160. The van der Waals surface area contributed by atoms with Crippen LogP contribution in [-0.4, -0.2) is 11.5 Å². The van der Waals surface area contributed by atoms with E-state index in [1.165, 1.54) is 0 Å².